The topological polar surface area (TPSA) is 67.9 Å². The van der Waals surface area contributed by atoms with Crippen LogP contribution in [0.1, 0.15) is 20.3 Å². The SMILES string of the molecule is CCOc1ccc(NC(=O)CCN(C(C)=O)c2cccc(OC)c2)cc1. The number of hydrogen-bond acceptors (Lipinski definition) is 4. The molecule has 0 fully saturated rings. The van der Waals surface area contributed by atoms with Crippen LogP contribution in [0.2, 0.25) is 0 Å². The number of rotatable bonds is 8. The average molecular weight is 356 g/mol. The van der Waals surface area contributed by atoms with E-state index in [1.807, 2.05) is 19.1 Å². The lowest BCUT2D eigenvalue weighted by atomic mass is 10.2. The van der Waals surface area contributed by atoms with Crippen molar-refractivity contribution in [3.05, 3.63) is 48.5 Å². The van der Waals surface area contributed by atoms with Crippen molar-refractivity contribution < 1.29 is 19.1 Å². The molecule has 0 spiro atoms. The normalized spacial score (nSPS) is 10.1. The first-order valence-electron chi connectivity index (χ1n) is 8.48. The van der Waals surface area contributed by atoms with E-state index in [2.05, 4.69) is 5.32 Å². The lowest BCUT2D eigenvalue weighted by Crippen LogP contribution is -2.31. The number of ether oxygens (including phenoxy) is 2. The van der Waals surface area contributed by atoms with Crippen molar-refractivity contribution in [3.63, 3.8) is 0 Å². The molecule has 0 aliphatic heterocycles. The van der Waals surface area contributed by atoms with Crippen LogP contribution in [0.4, 0.5) is 11.4 Å². The predicted octanol–water partition coefficient (Wildman–Crippen LogP) is 3.48. The molecule has 0 bridgehead atoms. The highest BCUT2D eigenvalue weighted by Gasteiger charge is 2.14. The number of nitrogens with zero attached hydrogens (tertiary/aromatic N) is 1. The van der Waals surface area contributed by atoms with E-state index in [0.29, 0.717) is 23.7 Å². The van der Waals surface area contributed by atoms with E-state index in [1.54, 1.807) is 48.4 Å². The van der Waals surface area contributed by atoms with Crippen LogP contribution < -0.4 is 19.7 Å². The Morgan fingerprint density at radius 2 is 1.81 bits per heavy atom. The van der Waals surface area contributed by atoms with Crippen LogP contribution in [-0.4, -0.2) is 32.1 Å². The summed E-state index contributed by atoms with van der Waals surface area (Å²) in [5.41, 5.74) is 1.39. The molecule has 138 valence electrons. The zero-order chi connectivity index (χ0) is 18.9. The maximum atomic E-state index is 12.2. The molecular weight excluding hydrogens is 332 g/mol. The molecule has 0 heterocycles. The Labute approximate surface area is 153 Å². The smallest absolute Gasteiger partial charge is 0.226 e. The monoisotopic (exact) mass is 356 g/mol. The molecule has 0 aliphatic carbocycles. The first-order valence-corrected chi connectivity index (χ1v) is 8.48. The summed E-state index contributed by atoms with van der Waals surface area (Å²) >= 11 is 0. The third-order valence-corrected chi connectivity index (χ3v) is 3.76. The molecule has 6 heteroatoms. The van der Waals surface area contributed by atoms with Crippen molar-refractivity contribution in [1.82, 2.24) is 0 Å². The van der Waals surface area contributed by atoms with E-state index >= 15 is 0 Å². The second-order valence-corrected chi connectivity index (χ2v) is 5.63. The summed E-state index contributed by atoms with van der Waals surface area (Å²) in [6, 6.07) is 14.4. The number of hydrogen-bond donors (Lipinski definition) is 1. The summed E-state index contributed by atoms with van der Waals surface area (Å²) in [6.07, 6.45) is 0.185. The third kappa shape index (κ3) is 5.51. The van der Waals surface area contributed by atoms with Gasteiger partial charge in [0.15, 0.2) is 0 Å². The van der Waals surface area contributed by atoms with Gasteiger partial charge >= 0.3 is 0 Å². The van der Waals surface area contributed by atoms with Gasteiger partial charge in [-0.3, -0.25) is 9.59 Å². The van der Waals surface area contributed by atoms with Crippen LogP contribution in [0.15, 0.2) is 48.5 Å². The van der Waals surface area contributed by atoms with E-state index in [1.165, 1.54) is 6.92 Å². The van der Waals surface area contributed by atoms with Crippen molar-refractivity contribution in [2.45, 2.75) is 20.3 Å². The Hall–Kier alpha value is -3.02. The zero-order valence-electron chi connectivity index (χ0n) is 15.3. The van der Waals surface area contributed by atoms with E-state index in [0.717, 1.165) is 5.75 Å². The Balaban J connectivity index is 1.95. The second-order valence-electron chi connectivity index (χ2n) is 5.63. The highest BCUT2D eigenvalue weighted by atomic mass is 16.5. The molecule has 26 heavy (non-hydrogen) atoms. The maximum absolute atomic E-state index is 12.2. The molecule has 0 aliphatic rings. The zero-order valence-corrected chi connectivity index (χ0v) is 15.3. The number of carbonyl (C=O) groups is 2. The van der Waals surface area contributed by atoms with Crippen molar-refractivity contribution >= 4 is 23.2 Å². The van der Waals surface area contributed by atoms with E-state index in [-0.39, 0.29) is 24.8 Å². The molecule has 0 atom stereocenters. The lowest BCUT2D eigenvalue weighted by molar-refractivity contribution is -0.117. The standard InChI is InChI=1S/C20H24N2O4/c1-4-26-18-10-8-16(9-11-18)21-20(24)12-13-22(15(2)23)17-6-5-7-19(14-17)25-3/h5-11,14H,4,12-13H2,1-3H3,(H,21,24). The van der Waals surface area contributed by atoms with Crippen LogP contribution in [0.25, 0.3) is 0 Å². The number of amides is 2. The summed E-state index contributed by atoms with van der Waals surface area (Å²) in [6.45, 7) is 4.27. The quantitative estimate of drug-likeness (QED) is 0.786. The van der Waals surface area contributed by atoms with Gasteiger partial charge in [-0.25, -0.2) is 0 Å². The van der Waals surface area contributed by atoms with Crippen molar-refractivity contribution in [2.75, 3.05) is 30.5 Å². The van der Waals surface area contributed by atoms with Crippen LogP contribution in [0.3, 0.4) is 0 Å². The Morgan fingerprint density at radius 3 is 2.42 bits per heavy atom. The molecular formula is C20H24N2O4. The molecule has 0 saturated heterocycles. The average Bonchev–Trinajstić information content (AvgIpc) is 2.63. The minimum atomic E-state index is -0.164. The van der Waals surface area contributed by atoms with Crippen LogP contribution in [0.5, 0.6) is 11.5 Å². The first kappa shape index (κ1) is 19.3. The van der Waals surface area contributed by atoms with Crippen LogP contribution in [0, 0.1) is 0 Å². The molecule has 0 radical (unpaired) electrons. The number of benzene rings is 2. The van der Waals surface area contributed by atoms with Gasteiger partial charge in [0.05, 0.1) is 13.7 Å². The summed E-state index contributed by atoms with van der Waals surface area (Å²) in [7, 11) is 1.57. The molecule has 6 nitrogen and oxygen atoms in total. The minimum Gasteiger partial charge on any atom is -0.497 e. The Morgan fingerprint density at radius 1 is 1.08 bits per heavy atom. The van der Waals surface area contributed by atoms with Gasteiger partial charge in [-0.2, -0.15) is 0 Å². The highest BCUT2D eigenvalue weighted by Crippen LogP contribution is 2.21. The van der Waals surface area contributed by atoms with Crippen LogP contribution >= 0.6 is 0 Å². The van der Waals surface area contributed by atoms with Gasteiger partial charge in [0, 0.05) is 37.3 Å². The van der Waals surface area contributed by atoms with E-state index in [9.17, 15) is 9.59 Å². The maximum Gasteiger partial charge on any atom is 0.226 e. The molecule has 2 amide bonds. The van der Waals surface area contributed by atoms with Crippen LogP contribution in [-0.2, 0) is 9.59 Å². The van der Waals surface area contributed by atoms with Crippen molar-refractivity contribution in [1.29, 1.82) is 0 Å². The fourth-order valence-electron chi connectivity index (χ4n) is 2.48. The van der Waals surface area contributed by atoms with Gasteiger partial charge < -0.3 is 19.7 Å². The lowest BCUT2D eigenvalue weighted by Gasteiger charge is -2.21. The fourth-order valence-corrected chi connectivity index (χ4v) is 2.48. The van der Waals surface area contributed by atoms with Crippen molar-refractivity contribution in [2.24, 2.45) is 0 Å². The van der Waals surface area contributed by atoms with Crippen molar-refractivity contribution in [3.8, 4) is 11.5 Å². The molecule has 2 aromatic carbocycles. The largest absolute Gasteiger partial charge is 0.497 e. The number of nitrogens with one attached hydrogen (secondary N) is 1. The second kappa shape index (κ2) is 9.46. The molecule has 1 N–H and O–H groups in total. The molecule has 2 aromatic rings. The molecule has 0 aromatic heterocycles. The van der Waals surface area contributed by atoms with Gasteiger partial charge in [0.25, 0.3) is 0 Å². The van der Waals surface area contributed by atoms with Gasteiger partial charge in [0.1, 0.15) is 11.5 Å². The molecule has 0 saturated carbocycles. The van der Waals surface area contributed by atoms with E-state index < -0.39 is 0 Å². The summed E-state index contributed by atoms with van der Waals surface area (Å²) in [4.78, 5) is 25.7. The number of methoxy groups -OCH3 is 1. The highest BCUT2D eigenvalue weighted by molar-refractivity contribution is 5.94. The fraction of sp³-hybridized carbons (Fsp3) is 0.300. The predicted molar refractivity (Wildman–Crippen MR) is 102 cm³/mol. The van der Waals surface area contributed by atoms with Gasteiger partial charge in [-0.15, -0.1) is 0 Å². The first-order chi connectivity index (χ1) is 12.5. The summed E-state index contributed by atoms with van der Waals surface area (Å²) in [5.74, 6) is 1.12. The molecule has 0 unspecified atom stereocenters. The Kier molecular flexibility index (Phi) is 7.02. The summed E-state index contributed by atoms with van der Waals surface area (Å²) in [5, 5.41) is 2.82. The number of carbonyl (C=O) groups excluding carboxylic acids is 2. The Bertz CT molecular complexity index is 744. The third-order valence-electron chi connectivity index (χ3n) is 3.76. The minimum absolute atomic E-state index is 0.132. The molecule has 2 rings (SSSR count). The van der Waals surface area contributed by atoms with Gasteiger partial charge in [-0.05, 0) is 43.3 Å². The van der Waals surface area contributed by atoms with Gasteiger partial charge in [-0.1, -0.05) is 6.07 Å². The van der Waals surface area contributed by atoms with E-state index in [4.69, 9.17) is 9.47 Å². The summed E-state index contributed by atoms with van der Waals surface area (Å²) < 4.78 is 10.6. The number of anilines is 2. The van der Waals surface area contributed by atoms with Gasteiger partial charge in [0.2, 0.25) is 11.8 Å².